The van der Waals surface area contributed by atoms with Gasteiger partial charge in [0.05, 0.1) is 5.71 Å². The summed E-state index contributed by atoms with van der Waals surface area (Å²) in [5.74, 6) is 1.34. The Labute approximate surface area is 162 Å². The van der Waals surface area contributed by atoms with E-state index in [1.54, 1.807) is 0 Å². The predicted molar refractivity (Wildman–Crippen MR) is 101 cm³/mol. The number of amides is 1. The molecule has 6 nitrogen and oxygen atoms in total. The van der Waals surface area contributed by atoms with E-state index in [-0.39, 0.29) is 12.7 Å². The van der Waals surface area contributed by atoms with Crippen molar-refractivity contribution in [2.24, 2.45) is 5.16 Å². The first-order valence-corrected chi connectivity index (χ1v) is 9.17. The summed E-state index contributed by atoms with van der Waals surface area (Å²) in [5.41, 5.74) is 2.96. The average molecular weight is 387 g/mol. The zero-order valence-electron chi connectivity index (χ0n) is 14.6. The van der Waals surface area contributed by atoms with Crippen molar-refractivity contribution in [2.45, 2.75) is 25.4 Å². The molecule has 0 fully saturated rings. The molecule has 2 aliphatic heterocycles. The Balaban J connectivity index is 1.24. The van der Waals surface area contributed by atoms with Gasteiger partial charge in [-0.05, 0) is 41.8 Å². The van der Waals surface area contributed by atoms with E-state index in [1.165, 1.54) is 0 Å². The van der Waals surface area contributed by atoms with E-state index in [0.29, 0.717) is 30.8 Å². The molecule has 0 radical (unpaired) electrons. The summed E-state index contributed by atoms with van der Waals surface area (Å²) in [5, 5.41) is 7.66. The van der Waals surface area contributed by atoms with Gasteiger partial charge < -0.3 is 19.6 Å². The van der Waals surface area contributed by atoms with Crippen LogP contribution in [-0.2, 0) is 22.5 Å². The lowest BCUT2D eigenvalue weighted by atomic mass is 10.0. The highest BCUT2D eigenvalue weighted by Crippen LogP contribution is 2.33. The van der Waals surface area contributed by atoms with E-state index < -0.39 is 6.10 Å². The van der Waals surface area contributed by atoms with Crippen LogP contribution in [0.3, 0.4) is 0 Å². The maximum atomic E-state index is 12.3. The maximum absolute atomic E-state index is 12.3. The van der Waals surface area contributed by atoms with Gasteiger partial charge in [0.2, 0.25) is 12.9 Å². The molecule has 140 valence electrons. The van der Waals surface area contributed by atoms with Crippen LogP contribution in [0.5, 0.6) is 11.5 Å². The Bertz CT molecular complexity index is 884. The molecule has 0 saturated carbocycles. The first-order chi connectivity index (χ1) is 13.2. The van der Waals surface area contributed by atoms with Gasteiger partial charge in [0, 0.05) is 24.4 Å². The topological polar surface area (TPSA) is 69.2 Å². The quantitative estimate of drug-likeness (QED) is 0.828. The van der Waals surface area contributed by atoms with Crippen LogP contribution in [0.25, 0.3) is 0 Å². The normalized spacial score (nSPS) is 17.4. The van der Waals surface area contributed by atoms with Crippen LogP contribution >= 0.6 is 11.6 Å². The van der Waals surface area contributed by atoms with Crippen molar-refractivity contribution in [1.82, 2.24) is 5.32 Å². The molecular weight excluding hydrogens is 368 g/mol. The lowest BCUT2D eigenvalue weighted by Crippen LogP contribution is -2.36. The first kappa shape index (κ1) is 17.7. The number of nitrogens with one attached hydrogen (secondary N) is 1. The van der Waals surface area contributed by atoms with Gasteiger partial charge in [0.25, 0.3) is 5.91 Å². The van der Waals surface area contributed by atoms with Gasteiger partial charge in [-0.3, -0.25) is 4.79 Å². The number of oxime groups is 1. The molecule has 4 rings (SSSR count). The lowest BCUT2D eigenvalue weighted by Gasteiger charge is -2.09. The molecule has 1 atom stereocenters. The number of benzene rings is 2. The molecule has 0 spiro atoms. The second kappa shape index (κ2) is 7.88. The van der Waals surface area contributed by atoms with E-state index >= 15 is 0 Å². The molecule has 0 aromatic heterocycles. The Hall–Kier alpha value is -2.73. The number of halogens is 1. The van der Waals surface area contributed by atoms with Gasteiger partial charge in [-0.2, -0.15) is 0 Å². The van der Waals surface area contributed by atoms with E-state index in [0.717, 1.165) is 28.3 Å². The molecule has 1 amide bonds. The number of rotatable bonds is 6. The Morgan fingerprint density at radius 3 is 2.93 bits per heavy atom. The molecule has 2 heterocycles. The van der Waals surface area contributed by atoms with E-state index in [9.17, 15) is 4.79 Å². The van der Waals surface area contributed by atoms with Crippen LogP contribution in [0.4, 0.5) is 0 Å². The van der Waals surface area contributed by atoms with Gasteiger partial charge in [-0.1, -0.05) is 35.0 Å². The third-order valence-corrected chi connectivity index (χ3v) is 4.70. The standard InChI is InChI=1S/C20H19ClN2O4/c21-15-3-1-2-13(8-15)6-7-22-20(24)19-11-16(23-27-19)9-14-4-5-17-18(10-14)26-12-25-17/h1-5,8,10,19H,6-7,9,11-12H2,(H,22,24). The zero-order valence-corrected chi connectivity index (χ0v) is 15.4. The molecule has 2 aromatic rings. The summed E-state index contributed by atoms with van der Waals surface area (Å²) in [6.45, 7) is 0.775. The van der Waals surface area contributed by atoms with E-state index in [2.05, 4.69) is 10.5 Å². The molecule has 1 N–H and O–H groups in total. The highest BCUT2D eigenvalue weighted by atomic mass is 35.5. The van der Waals surface area contributed by atoms with Gasteiger partial charge >= 0.3 is 0 Å². The molecule has 2 aromatic carbocycles. The molecule has 0 saturated heterocycles. The number of nitrogens with zero attached hydrogens (tertiary/aromatic N) is 1. The number of carbonyl (C=O) groups is 1. The van der Waals surface area contributed by atoms with Crippen LogP contribution in [0.1, 0.15) is 17.5 Å². The maximum Gasteiger partial charge on any atom is 0.264 e. The summed E-state index contributed by atoms with van der Waals surface area (Å²) in [6.07, 6.45) is 1.23. The number of hydrogen-bond acceptors (Lipinski definition) is 5. The van der Waals surface area contributed by atoms with Crippen LogP contribution in [0.15, 0.2) is 47.6 Å². The molecule has 27 heavy (non-hydrogen) atoms. The van der Waals surface area contributed by atoms with Crippen molar-refractivity contribution in [2.75, 3.05) is 13.3 Å². The van der Waals surface area contributed by atoms with Crippen LogP contribution < -0.4 is 14.8 Å². The fraction of sp³-hybridized carbons (Fsp3) is 0.300. The Morgan fingerprint density at radius 2 is 2.04 bits per heavy atom. The van der Waals surface area contributed by atoms with Crippen LogP contribution in [0.2, 0.25) is 5.02 Å². The van der Waals surface area contributed by atoms with Crippen molar-refractivity contribution in [3.63, 3.8) is 0 Å². The molecule has 2 aliphatic rings. The Kier molecular flexibility index (Phi) is 5.16. The number of hydrogen-bond donors (Lipinski definition) is 1. The fourth-order valence-corrected chi connectivity index (χ4v) is 3.31. The van der Waals surface area contributed by atoms with Gasteiger partial charge in [-0.25, -0.2) is 0 Å². The van der Waals surface area contributed by atoms with Gasteiger partial charge in [-0.15, -0.1) is 0 Å². The second-order valence-electron chi connectivity index (χ2n) is 6.49. The molecule has 0 aliphatic carbocycles. The van der Waals surface area contributed by atoms with Crippen molar-refractivity contribution < 1.29 is 19.1 Å². The molecule has 0 bridgehead atoms. The molecule has 7 heteroatoms. The first-order valence-electron chi connectivity index (χ1n) is 8.79. The van der Waals surface area contributed by atoms with E-state index in [4.69, 9.17) is 25.9 Å². The third kappa shape index (κ3) is 4.34. The third-order valence-electron chi connectivity index (χ3n) is 4.47. The Morgan fingerprint density at radius 1 is 1.15 bits per heavy atom. The number of ether oxygens (including phenoxy) is 2. The number of carbonyl (C=O) groups excluding carboxylic acids is 1. The molecular formula is C20H19ClN2O4. The minimum absolute atomic E-state index is 0.151. The minimum atomic E-state index is -0.576. The highest BCUT2D eigenvalue weighted by molar-refractivity contribution is 6.30. The summed E-state index contributed by atoms with van der Waals surface area (Å²) < 4.78 is 10.7. The van der Waals surface area contributed by atoms with Crippen molar-refractivity contribution in [3.05, 3.63) is 58.6 Å². The highest BCUT2D eigenvalue weighted by Gasteiger charge is 2.28. The van der Waals surface area contributed by atoms with Crippen molar-refractivity contribution >= 4 is 23.2 Å². The summed E-state index contributed by atoms with van der Waals surface area (Å²) in [6, 6.07) is 13.4. The van der Waals surface area contributed by atoms with Gasteiger partial charge in [0.15, 0.2) is 11.5 Å². The van der Waals surface area contributed by atoms with Crippen molar-refractivity contribution in [3.8, 4) is 11.5 Å². The second-order valence-corrected chi connectivity index (χ2v) is 6.93. The smallest absolute Gasteiger partial charge is 0.264 e. The van der Waals surface area contributed by atoms with Crippen molar-refractivity contribution in [1.29, 1.82) is 0 Å². The minimum Gasteiger partial charge on any atom is -0.454 e. The summed E-state index contributed by atoms with van der Waals surface area (Å²) in [7, 11) is 0. The van der Waals surface area contributed by atoms with E-state index in [1.807, 2.05) is 42.5 Å². The van der Waals surface area contributed by atoms with Gasteiger partial charge in [0.1, 0.15) is 0 Å². The van der Waals surface area contributed by atoms with Crippen LogP contribution in [-0.4, -0.2) is 31.1 Å². The summed E-state index contributed by atoms with van der Waals surface area (Å²) >= 11 is 5.97. The number of fused-ring (bicyclic) bond motifs is 1. The summed E-state index contributed by atoms with van der Waals surface area (Å²) in [4.78, 5) is 17.6. The molecule has 1 unspecified atom stereocenters. The fourth-order valence-electron chi connectivity index (χ4n) is 3.09. The monoisotopic (exact) mass is 386 g/mol. The van der Waals surface area contributed by atoms with Crippen LogP contribution in [0, 0.1) is 0 Å². The lowest BCUT2D eigenvalue weighted by molar-refractivity contribution is -0.131. The predicted octanol–water partition coefficient (Wildman–Crippen LogP) is 3.12. The zero-order chi connectivity index (χ0) is 18.6. The average Bonchev–Trinajstić information content (AvgIpc) is 3.31. The SMILES string of the molecule is O=C(NCCc1cccc(Cl)c1)C1CC(Cc2ccc3c(c2)OCO3)=NO1. The largest absolute Gasteiger partial charge is 0.454 e.